The minimum absolute atomic E-state index is 0.202. The van der Waals surface area contributed by atoms with Crippen molar-refractivity contribution in [3.8, 4) is 0 Å². The van der Waals surface area contributed by atoms with E-state index < -0.39 is 0 Å². The molecule has 5 heteroatoms. The number of nitrogens with zero attached hydrogens (tertiary/aromatic N) is 2. The third-order valence-electron chi connectivity index (χ3n) is 3.55. The molecule has 1 aromatic rings. The zero-order valence-electron chi connectivity index (χ0n) is 11.6. The van der Waals surface area contributed by atoms with Crippen LogP contribution < -0.4 is 10.2 Å². The summed E-state index contributed by atoms with van der Waals surface area (Å²) in [5, 5.41) is 6.20. The molecule has 106 valence electrons. The summed E-state index contributed by atoms with van der Waals surface area (Å²) in [7, 11) is 0. The van der Waals surface area contributed by atoms with Gasteiger partial charge in [0, 0.05) is 37.6 Å². The van der Waals surface area contributed by atoms with Crippen LogP contribution in [0.1, 0.15) is 39.0 Å². The summed E-state index contributed by atoms with van der Waals surface area (Å²) in [5.41, 5.74) is 0. The highest BCUT2D eigenvalue weighted by atomic mass is 32.1. The summed E-state index contributed by atoms with van der Waals surface area (Å²) in [6.45, 7) is 5.03. The van der Waals surface area contributed by atoms with Crippen LogP contribution in [0.25, 0.3) is 0 Å². The maximum absolute atomic E-state index is 11.6. The molecule has 1 aromatic heterocycles. The van der Waals surface area contributed by atoms with Crippen molar-refractivity contribution in [3.63, 3.8) is 0 Å². The molecule has 2 heterocycles. The lowest BCUT2D eigenvalue weighted by atomic mass is 9.98. The topological polar surface area (TPSA) is 45.2 Å². The van der Waals surface area contributed by atoms with Crippen molar-refractivity contribution in [3.05, 3.63) is 11.6 Å². The largest absolute Gasteiger partial charge is 0.356 e. The van der Waals surface area contributed by atoms with Crippen LogP contribution in [0.5, 0.6) is 0 Å². The standard InChI is InChI=1S/C14H23N3OS/c1-2-3-6-13(18)16-10-12-5-4-8-17(11-12)14-15-7-9-19-14/h7,9,12H,2-6,8,10-11H2,1H3,(H,16,18). The molecule has 1 atom stereocenters. The SMILES string of the molecule is CCCCC(=O)NCC1CCCN(c2nccs2)C1. The molecule has 19 heavy (non-hydrogen) atoms. The van der Waals surface area contributed by atoms with Crippen LogP contribution in [0.2, 0.25) is 0 Å². The van der Waals surface area contributed by atoms with Crippen LogP contribution in [0, 0.1) is 5.92 Å². The van der Waals surface area contributed by atoms with E-state index in [2.05, 4.69) is 22.1 Å². The van der Waals surface area contributed by atoms with Crippen molar-refractivity contribution in [1.82, 2.24) is 10.3 Å². The first-order chi connectivity index (χ1) is 9.29. The Kier molecular flexibility index (Phi) is 5.63. The Balaban J connectivity index is 1.74. The van der Waals surface area contributed by atoms with E-state index in [1.54, 1.807) is 11.3 Å². The molecule has 4 nitrogen and oxygen atoms in total. The number of hydrogen-bond acceptors (Lipinski definition) is 4. The second-order valence-corrected chi connectivity index (χ2v) is 6.05. The first kappa shape index (κ1) is 14.3. The molecule has 1 N–H and O–H groups in total. The van der Waals surface area contributed by atoms with Crippen molar-refractivity contribution < 1.29 is 4.79 Å². The summed E-state index contributed by atoms with van der Waals surface area (Å²) in [4.78, 5) is 18.3. The molecule has 0 aliphatic carbocycles. The number of hydrogen-bond donors (Lipinski definition) is 1. The van der Waals surface area contributed by atoms with Crippen LogP contribution in [0.15, 0.2) is 11.6 Å². The molecule has 1 saturated heterocycles. The number of thiazole rings is 1. The van der Waals surface area contributed by atoms with E-state index in [0.717, 1.165) is 37.6 Å². The Morgan fingerprint density at radius 3 is 3.26 bits per heavy atom. The minimum Gasteiger partial charge on any atom is -0.356 e. The average Bonchev–Trinajstić information content (AvgIpc) is 2.97. The number of nitrogens with one attached hydrogen (secondary N) is 1. The molecule has 1 unspecified atom stereocenters. The molecule has 1 aliphatic heterocycles. The van der Waals surface area contributed by atoms with Gasteiger partial charge in [0.15, 0.2) is 5.13 Å². The zero-order chi connectivity index (χ0) is 13.5. The number of rotatable bonds is 6. The smallest absolute Gasteiger partial charge is 0.220 e. The maximum atomic E-state index is 11.6. The first-order valence-electron chi connectivity index (χ1n) is 7.20. The van der Waals surface area contributed by atoms with Crippen molar-refractivity contribution >= 4 is 22.4 Å². The van der Waals surface area contributed by atoms with Gasteiger partial charge in [-0.15, -0.1) is 11.3 Å². The van der Waals surface area contributed by atoms with Gasteiger partial charge in [0.05, 0.1) is 0 Å². The van der Waals surface area contributed by atoms with E-state index in [0.29, 0.717) is 12.3 Å². The van der Waals surface area contributed by atoms with E-state index in [-0.39, 0.29) is 5.91 Å². The van der Waals surface area contributed by atoms with Gasteiger partial charge in [0.1, 0.15) is 0 Å². The fourth-order valence-electron chi connectivity index (χ4n) is 2.46. The number of carbonyl (C=O) groups excluding carboxylic acids is 1. The lowest BCUT2D eigenvalue weighted by Crippen LogP contribution is -2.40. The summed E-state index contributed by atoms with van der Waals surface area (Å²) < 4.78 is 0. The summed E-state index contributed by atoms with van der Waals surface area (Å²) >= 11 is 1.69. The highest BCUT2D eigenvalue weighted by Crippen LogP contribution is 2.24. The van der Waals surface area contributed by atoms with Crippen LogP contribution in [0.4, 0.5) is 5.13 Å². The maximum Gasteiger partial charge on any atom is 0.220 e. The Morgan fingerprint density at radius 1 is 1.63 bits per heavy atom. The molecule has 0 saturated carbocycles. The fourth-order valence-corrected chi connectivity index (χ4v) is 3.14. The molecule has 0 aromatic carbocycles. The van der Waals surface area contributed by atoms with Gasteiger partial charge in [-0.3, -0.25) is 4.79 Å². The van der Waals surface area contributed by atoms with Crippen LogP contribution in [0.3, 0.4) is 0 Å². The number of unbranched alkanes of at least 4 members (excludes halogenated alkanes) is 1. The van der Waals surface area contributed by atoms with Gasteiger partial charge in [0.25, 0.3) is 0 Å². The highest BCUT2D eigenvalue weighted by molar-refractivity contribution is 7.13. The second kappa shape index (κ2) is 7.48. The Hall–Kier alpha value is -1.10. The number of aromatic nitrogens is 1. The quantitative estimate of drug-likeness (QED) is 0.872. The number of piperidine rings is 1. The second-order valence-electron chi connectivity index (χ2n) is 5.18. The van der Waals surface area contributed by atoms with Crippen LogP contribution in [-0.2, 0) is 4.79 Å². The predicted molar refractivity (Wildman–Crippen MR) is 79.6 cm³/mol. The summed E-state index contributed by atoms with van der Waals surface area (Å²) in [5.74, 6) is 0.761. The number of carbonyl (C=O) groups is 1. The number of anilines is 1. The van der Waals surface area contributed by atoms with Crippen molar-refractivity contribution in [2.24, 2.45) is 5.92 Å². The van der Waals surface area contributed by atoms with E-state index in [1.807, 2.05) is 11.6 Å². The van der Waals surface area contributed by atoms with Gasteiger partial charge in [-0.25, -0.2) is 4.98 Å². The third kappa shape index (κ3) is 4.49. The lowest BCUT2D eigenvalue weighted by Gasteiger charge is -2.32. The first-order valence-corrected chi connectivity index (χ1v) is 8.08. The van der Waals surface area contributed by atoms with Gasteiger partial charge in [-0.05, 0) is 25.2 Å². The van der Waals surface area contributed by atoms with E-state index in [1.165, 1.54) is 12.8 Å². The van der Waals surface area contributed by atoms with Crippen molar-refractivity contribution in [2.75, 3.05) is 24.5 Å². The van der Waals surface area contributed by atoms with E-state index in [4.69, 9.17) is 0 Å². The molecular formula is C14H23N3OS. The molecular weight excluding hydrogens is 258 g/mol. The van der Waals surface area contributed by atoms with Crippen LogP contribution >= 0.6 is 11.3 Å². The molecule has 1 amide bonds. The molecule has 0 radical (unpaired) electrons. The summed E-state index contributed by atoms with van der Waals surface area (Å²) in [6.07, 6.45) is 6.98. The molecule has 0 spiro atoms. The lowest BCUT2D eigenvalue weighted by molar-refractivity contribution is -0.121. The average molecular weight is 281 g/mol. The van der Waals surface area contributed by atoms with E-state index >= 15 is 0 Å². The van der Waals surface area contributed by atoms with Crippen molar-refractivity contribution in [1.29, 1.82) is 0 Å². The Bertz CT molecular complexity index is 380. The van der Waals surface area contributed by atoms with E-state index in [9.17, 15) is 4.79 Å². The third-order valence-corrected chi connectivity index (χ3v) is 4.39. The summed E-state index contributed by atoms with van der Waals surface area (Å²) in [6, 6.07) is 0. The fraction of sp³-hybridized carbons (Fsp3) is 0.714. The minimum atomic E-state index is 0.202. The molecule has 1 aliphatic rings. The normalized spacial score (nSPS) is 19.4. The molecule has 0 bridgehead atoms. The number of amides is 1. The Labute approximate surface area is 119 Å². The van der Waals surface area contributed by atoms with Gasteiger partial charge in [-0.2, -0.15) is 0 Å². The predicted octanol–water partition coefficient (Wildman–Crippen LogP) is 2.67. The Morgan fingerprint density at radius 2 is 2.53 bits per heavy atom. The highest BCUT2D eigenvalue weighted by Gasteiger charge is 2.21. The van der Waals surface area contributed by atoms with Crippen molar-refractivity contribution in [2.45, 2.75) is 39.0 Å². The van der Waals surface area contributed by atoms with Gasteiger partial charge in [0.2, 0.25) is 5.91 Å². The van der Waals surface area contributed by atoms with Crippen LogP contribution in [-0.4, -0.2) is 30.5 Å². The monoisotopic (exact) mass is 281 g/mol. The molecule has 2 rings (SSSR count). The van der Waals surface area contributed by atoms with Gasteiger partial charge in [-0.1, -0.05) is 13.3 Å². The van der Waals surface area contributed by atoms with Gasteiger partial charge < -0.3 is 10.2 Å². The zero-order valence-corrected chi connectivity index (χ0v) is 12.4. The van der Waals surface area contributed by atoms with Gasteiger partial charge >= 0.3 is 0 Å². The molecule has 1 fully saturated rings.